The van der Waals surface area contributed by atoms with Crippen LogP contribution in [0.15, 0.2) is 18.2 Å². The molecule has 3 nitrogen and oxygen atoms in total. The average molecular weight is 314 g/mol. The standard InChI is InChI=1S/C15H16F2O3S/c1-20-15-13(7-10(16)8-14(15)17)9-5-11-3-2-4-12(6-9)21(11,18)19/h5,7-8,11-12H,2-4,6H2,1H3. The predicted octanol–water partition coefficient (Wildman–Crippen LogP) is 3.10. The molecule has 0 amide bonds. The summed E-state index contributed by atoms with van der Waals surface area (Å²) in [6.07, 6.45) is 3.98. The van der Waals surface area contributed by atoms with E-state index in [2.05, 4.69) is 0 Å². The highest BCUT2D eigenvalue weighted by atomic mass is 32.2. The molecular formula is C15H16F2O3S. The molecular weight excluding hydrogens is 298 g/mol. The third-order valence-electron chi connectivity index (χ3n) is 4.29. The van der Waals surface area contributed by atoms with Crippen molar-refractivity contribution < 1.29 is 21.9 Å². The third-order valence-corrected chi connectivity index (χ3v) is 6.84. The van der Waals surface area contributed by atoms with Crippen molar-refractivity contribution in [1.29, 1.82) is 0 Å². The van der Waals surface area contributed by atoms with Crippen molar-refractivity contribution in [2.75, 3.05) is 7.11 Å². The largest absolute Gasteiger partial charge is 0.493 e. The average Bonchev–Trinajstić information content (AvgIpc) is 2.36. The summed E-state index contributed by atoms with van der Waals surface area (Å²) in [7, 11) is -1.83. The van der Waals surface area contributed by atoms with Crippen LogP contribution in [0.4, 0.5) is 8.78 Å². The van der Waals surface area contributed by atoms with E-state index in [0.717, 1.165) is 12.5 Å². The molecule has 0 aromatic heterocycles. The molecule has 2 bridgehead atoms. The zero-order valence-electron chi connectivity index (χ0n) is 11.6. The Bertz CT molecular complexity index is 710. The second kappa shape index (κ2) is 5.09. The van der Waals surface area contributed by atoms with Gasteiger partial charge in [0.2, 0.25) is 0 Å². The number of hydrogen-bond acceptors (Lipinski definition) is 3. The maximum atomic E-state index is 13.8. The van der Waals surface area contributed by atoms with Crippen LogP contribution in [-0.2, 0) is 9.84 Å². The lowest BCUT2D eigenvalue weighted by molar-refractivity contribution is 0.382. The molecule has 0 aliphatic carbocycles. The summed E-state index contributed by atoms with van der Waals surface area (Å²) < 4.78 is 56.8. The van der Waals surface area contributed by atoms with Crippen LogP contribution in [0.5, 0.6) is 5.75 Å². The number of sulfone groups is 1. The van der Waals surface area contributed by atoms with E-state index >= 15 is 0 Å². The maximum Gasteiger partial charge on any atom is 0.168 e. The van der Waals surface area contributed by atoms with Crippen molar-refractivity contribution in [2.45, 2.75) is 36.2 Å². The zero-order valence-corrected chi connectivity index (χ0v) is 12.4. The molecule has 0 saturated carbocycles. The molecule has 1 saturated heterocycles. The first-order valence-electron chi connectivity index (χ1n) is 6.90. The molecule has 1 fully saturated rings. The molecule has 6 heteroatoms. The van der Waals surface area contributed by atoms with E-state index in [4.69, 9.17) is 4.74 Å². The van der Waals surface area contributed by atoms with Crippen LogP contribution in [0, 0.1) is 11.6 Å². The molecule has 2 aliphatic rings. The SMILES string of the molecule is COc1c(F)cc(F)cc1C1=CC2CCCC(C1)S2(=O)=O. The fourth-order valence-electron chi connectivity index (χ4n) is 3.26. The number of fused-ring (bicyclic) bond motifs is 2. The van der Waals surface area contributed by atoms with Gasteiger partial charge in [0.25, 0.3) is 0 Å². The van der Waals surface area contributed by atoms with Crippen LogP contribution in [-0.4, -0.2) is 26.0 Å². The van der Waals surface area contributed by atoms with Gasteiger partial charge in [-0.15, -0.1) is 0 Å². The smallest absolute Gasteiger partial charge is 0.168 e. The highest BCUT2D eigenvalue weighted by Gasteiger charge is 2.41. The third kappa shape index (κ3) is 2.35. The molecule has 2 aliphatic heterocycles. The van der Waals surface area contributed by atoms with Gasteiger partial charge in [0.1, 0.15) is 5.82 Å². The van der Waals surface area contributed by atoms with Gasteiger partial charge in [-0.1, -0.05) is 12.5 Å². The molecule has 0 N–H and O–H groups in total. The van der Waals surface area contributed by atoms with Crippen molar-refractivity contribution in [2.24, 2.45) is 0 Å². The quantitative estimate of drug-likeness (QED) is 0.842. The predicted molar refractivity (Wildman–Crippen MR) is 75.9 cm³/mol. The van der Waals surface area contributed by atoms with Gasteiger partial charge in [-0.3, -0.25) is 0 Å². The van der Waals surface area contributed by atoms with Crippen LogP contribution >= 0.6 is 0 Å². The van der Waals surface area contributed by atoms with E-state index in [-0.39, 0.29) is 12.2 Å². The van der Waals surface area contributed by atoms with E-state index in [1.807, 2.05) is 0 Å². The molecule has 2 unspecified atom stereocenters. The molecule has 1 aromatic rings. The van der Waals surface area contributed by atoms with Crippen molar-refractivity contribution in [3.63, 3.8) is 0 Å². The second-order valence-corrected chi connectivity index (χ2v) is 8.00. The van der Waals surface area contributed by atoms with Gasteiger partial charge in [-0.05, 0) is 30.9 Å². The van der Waals surface area contributed by atoms with Gasteiger partial charge >= 0.3 is 0 Å². The summed E-state index contributed by atoms with van der Waals surface area (Å²) in [6, 6.07) is 1.98. The van der Waals surface area contributed by atoms with Gasteiger partial charge in [-0.2, -0.15) is 0 Å². The van der Waals surface area contributed by atoms with Gasteiger partial charge in [0, 0.05) is 11.6 Å². The Morgan fingerprint density at radius 1 is 1.24 bits per heavy atom. The Hall–Kier alpha value is -1.43. The van der Waals surface area contributed by atoms with E-state index in [1.165, 1.54) is 13.2 Å². The summed E-state index contributed by atoms with van der Waals surface area (Å²) in [5.74, 6) is -1.49. The first-order valence-corrected chi connectivity index (χ1v) is 8.51. The number of ether oxygens (including phenoxy) is 1. The number of methoxy groups -OCH3 is 1. The molecule has 114 valence electrons. The Morgan fingerprint density at radius 3 is 2.67 bits per heavy atom. The van der Waals surface area contributed by atoms with Gasteiger partial charge in [0.05, 0.1) is 17.6 Å². The summed E-state index contributed by atoms with van der Waals surface area (Å²) in [4.78, 5) is 0. The van der Waals surface area contributed by atoms with Gasteiger partial charge in [0.15, 0.2) is 21.4 Å². The minimum absolute atomic E-state index is 0.0278. The number of hydrogen-bond donors (Lipinski definition) is 0. The fraction of sp³-hybridized carbons (Fsp3) is 0.467. The normalized spacial score (nSPS) is 27.1. The summed E-state index contributed by atoms with van der Waals surface area (Å²) in [5, 5.41) is -0.997. The highest BCUT2D eigenvalue weighted by molar-refractivity contribution is 7.93. The number of allylic oxidation sites excluding steroid dienone is 1. The lowest BCUT2D eigenvalue weighted by Crippen LogP contribution is -2.38. The second-order valence-electron chi connectivity index (χ2n) is 5.54. The van der Waals surface area contributed by atoms with Crippen LogP contribution in [0.1, 0.15) is 31.2 Å². The Morgan fingerprint density at radius 2 is 2.00 bits per heavy atom. The number of rotatable bonds is 2. The minimum Gasteiger partial charge on any atom is -0.493 e. The van der Waals surface area contributed by atoms with E-state index in [1.54, 1.807) is 6.08 Å². The first-order chi connectivity index (χ1) is 9.93. The van der Waals surface area contributed by atoms with E-state index in [9.17, 15) is 17.2 Å². The van der Waals surface area contributed by atoms with Crippen LogP contribution in [0.3, 0.4) is 0 Å². The zero-order chi connectivity index (χ0) is 15.2. The molecule has 21 heavy (non-hydrogen) atoms. The lowest BCUT2D eigenvalue weighted by Gasteiger charge is -2.33. The summed E-state index contributed by atoms with van der Waals surface area (Å²) in [6.45, 7) is 0. The Kier molecular flexibility index (Phi) is 3.51. The summed E-state index contributed by atoms with van der Waals surface area (Å²) >= 11 is 0. The topological polar surface area (TPSA) is 43.4 Å². The van der Waals surface area contributed by atoms with Crippen molar-refractivity contribution in [1.82, 2.24) is 0 Å². The van der Waals surface area contributed by atoms with Crippen LogP contribution in [0.25, 0.3) is 5.57 Å². The minimum atomic E-state index is -3.15. The van der Waals surface area contributed by atoms with Crippen LogP contribution in [0.2, 0.25) is 0 Å². The number of benzene rings is 1. The Labute approximate surface area is 122 Å². The van der Waals surface area contributed by atoms with Gasteiger partial charge < -0.3 is 4.74 Å². The van der Waals surface area contributed by atoms with E-state index < -0.39 is 32.0 Å². The van der Waals surface area contributed by atoms with Crippen molar-refractivity contribution >= 4 is 15.4 Å². The monoisotopic (exact) mass is 314 g/mol. The molecule has 0 spiro atoms. The molecule has 0 radical (unpaired) electrons. The van der Waals surface area contributed by atoms with Crippen molar-refractivity contribution in [3.8, 4) is 5.75 Å². The van der Waals surface area contributed by atoms with E-state index in [0.29, 0.717) is 24.0 Å². The summed E-state index contributed by atoms with van der Waals surface area (Å²) in [5.41, 5.74) is 0.983. The molecule has 2 atom stereocenters. The fourth-order valence-corrected chi connectivity index (χ4v) is 5.51. The number of halogens is 2. The molecule has 1 aromatic carbocycles. The Balaban J connectivity index is 2.12. The van der Waals surface area contributed by atoms with Gasteiger partial charge in [-0.25, -0.2) is 17.2 Å². The maximum absolute atomic E-state index is 13.8. The lowest BCUT2D eigenvalue weighted by atomic mass is 9.92. The van der Waals surface area contributed by atoms with Crippen LogP contribution < -0.4 is 4.74 Å². The molecule has 2 heterocycles. The van der Waals surface area contributed by atoms with Crippen molar-refractivity contribution in [3.05, 3.63) is 35.4 Å². The highest BCUT2D eigenvalue weighted by Crippen LogP contribution is 2.42. The first kappa shape index (κ1) is 14.5. The molecule has 3 rings (SSSR count).